The Labute approximate surface area is 124 Å². The first-order valence-electron chi connectivity index (χ1n) is 6.72. The van der Waals surface area contributed by atoms with Crippen LogP contribution in [0.15, 0.2) is 60.7 Å². The molecular formula is C17H18N2O2. The number of nitrogens with one attached hydrogen (secondary N) is 2. The van der Waals surface area contributed by atoms with Crippen molar-refractivity contribution in [2.24, 2.45) is 0 Å². The van der Waals surface area contributed by atoms with Gasteiger partial charge >= 0.3 is 6.03 Å². The second-order valence-corrected chi connectivity index (χ2v) is 4.32. The lowest BCUT2D eigenvalue weighted by Crippen LogP contribution is -2.24. The Morgan fingerprint density at radius 3 is 2.57 bits per heavy atom. The Morgan fingerprint density at radius 2 is 1.81 bits per heavy atom. The van der Waals surface area contributed by atoms with E-state index in [2.05, 4.69) is 10.6 Å². The number of benzene rings is 2. The average molecular weight is 282 g/mol. The van der Waals surface area contributed by atoms with Crippen molar-refractivity contribution in [1.29, 1.82) is 0 Å². The summed E-state index contributed by atoms with van der Waals surface area (Å²) in [7, 11) is 1.57. The van der Waals surface area contributed by atoms with Crippen molar-refractivity contribution in [3.05, 3.63) is 66.2 Å². The Bertz CT molecular complexity index is 609. The fourth-order valence-electron chi connectivity index (χ4n) is 1.77. The molecule has 2 N–H and O–H groups in total. The Kier molecular flexibility index (Phi) is 5.41. The number of carbonyl (C=O) groups excluding carboxylic acids is 1. The van der Waals surface area contributed by atoms with Gasteiger partial charge in [-0.3, -0.25) is 0 Å². The van der Waals surface area contributed by atoms with Gasteiger partial charge in [0.25, 0.3) is 0 Å². The van der Waals surface area contributed by atoms with Crippen LogP contribution < -0.4 is 15.4 Å². The molecule has 0 spiro atoms. The molecule has 2 aromatic carbocycles. The molecule has 0 atom stereocenters. The van der Waals surface area contributed by atoms with Gasteiger partial charge in [0.2, 0.25) is 0 Å². The molecule has 0 heterocycles. The van der Waals surface area contributed by atoms with Crippen molar-refractivity contribution in [3.8, 4) is 5.75 Å². The summed E-state index contributed by atoms with van der Waals surface area (Å²) in [6.45, 7) is 0.432. The van der Waals surface area contributed by atoms with Gasteiger partial charge in [-0.1, -0.05) is 48.5 Å². The molecule has 0 aliphatic carbocycles. The van der Waals surface area contributed by atoms with Crippen molar-refractivity contribution in [1.82, 2.24) is 5.32 Å². The quantitative estimate of drug-likeness (QED) is 0.881. The Balaban J connectivity index is 1.94. The molecular weight excluding hydrogens is 264 g/mol. The van der Waals surface area contributed by atoms with Gasteiger partial charge in [0.15, 0.2) is 0 Å². The number of ether oxygens (including phenoxy) is 1. The van der Waals surface area contributed by atoms with E-state index in [1.165, 1.54) is 0 Å². The summed E-state index contributed by atoms with van der Waals surface area (Å²) in [5.41, 5.74) is 1.77. The second-order valence-electron chi connectivity index (χ2n) is 4.32. The molecule has 0 aliphatic rings. The van der Waals surface area contributed by atoms with E-state index in [9.17, 15) is 4.79 Å². The minimum atomic E-state index is -0.272. The average Bonchev–Trinajstić information content (AvgIpc) is 2.54. The predicted octanol–water partition coefficient (Wildman–Crippen LogP) is 3.53. The normalized spacial score (nSPS) is 10.3. The fraction of sp³-hybridized carbons (Fsp3) is 0.118. The van der Waals surface area contributed by atoms with Gasteiger partial charge in [-0.25, -0.2) is 4.79 Å². The van der Waals surface area contributed by atoms with Crippen LogP contribution in [0.4, 0.5) is 10.5 Å². The van der Waals surface area contributed by atoms with E-state index in [0.29, 0.717) is 18.0 Å². The number of rotatable bonds is 5. The molecule has 0 saturated heterocycles. The molecule has 2 aromatic rings. The fourth-order valence-corrected chi connectivity index (χ4v) is 1.77. The number of urea groups is 1. The van der Waals surface area contributed by atoms with E-state index in [1.807, 2.05) is 60.7 Å². The number of anilines is 1. The Morgan fingerprint density at radius 1 is 1.10 bits per heavy atom. The van der Waals surface area contributed by atoms with Crippen molar-refractivity contribution < 1.29 is 9.53 Å². The van der Waals surface area contributed by atoms with Crippen molar-refractivity contribution in [2.75, 3.05) is 19.0 Å². The number of carbonyl (C=O) groups is 1. The van der Waals surface area contributed by atoms with E-state index >= 15 is 0 Å². The van der Waals surface area contributed by atoms with Gasteiger partial charge in [-0.2, -0.15) is 0 Å². The van der Waals surface area contributed by atoms with Crippen molar-refractivity contribution >= 4 is 17.8 Å². The monoisotopic (exact) mass is 282 g/mol. The topological polar surface area (TPSA) is 50.4 Å². The van der Waals surface area contributed by atoms with Crippen LogP contribution in [0.5, 0.6) is 5.75 Å². The zero-order chi connectivity index (χ0) is 14.9. The minimum Gasteiger partial charge on any atom is -0.487 e. The van der Waals surface area contributed by atoms with Crippen molar-refractivity contribution in [3.63, 3.8) is 0 Å². The molecule has 4 nitrogen and oxygen atoms in total. The summed E-state index contributed by atoms with van der Waals surface area (Å²) in [6.07, 6.45) is 3.93. The molecule has 0 bridgehead atoms. The lowest BCUT2D eigenvalue weighted by molar-refractivity contribution is 0.253. The van der Waals surface area contributed by atoms with Crippen LogP contribution in [0.3, 0.4) is 0 Å². The zero-order valence-electron chi connectivity index (χ0n) is 11.9. The highest BCUT2D eigenvalue weighted by atomic mass is 16.5. The summed E-state index contributed by atoms with van der Waals surface area (Å²) in [5.74, 6) is 0.638. The largest absolute Gasteiger partial charge is 0.487 e. The second kappa shape index (κ2) is 7.75. The standard InChI is InChI=1S/C17H18N2O2/c1-18-17(20)19-15-11-5-6-12-16(15)21-13-7-10-14-8-3-2-4-9-14/h2-12H,13H2,1H3,(H2,18,19,20). The zero-order valence-corrected chi connectivity index (χ0v) is 11.9. The first kappa shape index (κ1) is 14.7. The third kappa shape index (κ3) is 4.69. The van der Waals surface area contributed by atoms with Crippen LogP contribution in [0, 0.1) is 0 Å². The number of amides is 2. The molecule has 4 heteroatoms. The highest BCUT2D eigenvalue weighted by Gasteiger charge is 2.04. The Hall–Kier alpha value is -2.75. The minimum absolute atomic E-state index is 0.272. The van der Waals surface area contributed by atoms with E-state index in [4.69, 9.17) is 4.74 Å². The third-order valence-electron chi connectivity index (χ3n) is 2.81. The lowest BCUT2D eigenvalue weighted by Gasteiger charge is -2.10. The molecule has 108 valence electrons. The molecule has 2 amide bonds. The molecule has 0 unspecified atom stereocenters. The van der Waals surface area contributed by atoms with Gasteiger partial charge in [0, 0.05) is 7.05 Å². The highest BCUT2D eigenvalue weighted by Crippen LogP contribution is 2.23. The van der Waals surface area contributed by atoms with E-state index in [0.717, 1.165) is 5.56 Å². The summed E-state index contributed by atoms with van der Waals surface area (Å²) < 4.78 is 5.67. The van der Waals surface area contributed by atoms with Crippen LogP contribution in [0.25, 0.3) is 6.08 Å². The predicted molar refractivity (Wildman–Crippen MR) is 85.5 cm³/mol. The maximum atomic E-state index is 11.4. The van der Waals surface area contributed by atoms with Crippen molar-refractivity contribution in [2.45, 2.75) is 0 Å². The summed E-state index contributed by atoms with van der Waals surface area (Å²) in [5, 5.41) is 5.23. The molecule has 0 aliphatic heterocycles. The number of para-hydroxylation sites is 2. The smallest absolute Gasteiger partial charge is 0.319 e. The van der Waals surface area contributed by atoms with Crippen LogP contribution in [-0.2, 0) is 0 Å². The molecule has 0 aromatic heterocycles. The molecule has 0 saturated carbocycles. The van der Waals surface area contributed by atoms with Gasteiger partial charge in [0.1, 0.15) is 12.4 Å². The lowest BCUT2D eigenvalue weighted by atomic mass is 10.2. The van der Waals surface area contributed by atoms with E-state index in [1.54, 1.807) is 13.1 Å². The summed E-state index contributed by atoms with van der Waals surface area (Å²) in [4.78, 5) is 11.4. The van der Waals surface area contributed by atoms with E-state index in [-0.39, 0.29) is 6.03 Å². The highest BCUT2D eigenvalue weighted by molar-refractivity contribution is 5.90. The van der Waals surface area contributed by atoms with Crippen LogP contribution >= 0.6 is 0 Å². The molecule has 21 heavy (non-hydrogen) atoms. The number of hydrogen-bond donors (Lipinski definition) is 2. The summed E-state index contributed by atoms with van der Waals surface area (Å²) in [6, 6.07) is 17.1. The first-order chi connectivity index (χ1) is 10.3. The first-order valence-corrected chi connectivity index (χ1v) is 6.72. The summed E-state index contributed by atoms with van der Waals surface area (Å²) >= 11 is 0. The molecule has 0 radical (unpaired) electrons. The molecule has 0 fully saturated rings. The molecule has 2 rings (SSSR count). The number of hydrogen-bond acceptors (Lipinski definition) is 2. The SMILES string of the molecule is CNC(=O)Nc1ccccc1OCC=Cc1ccccc1. The van der Waals surface area contributed by atoms with Crippen LogP contribution in [0.2, 0.25) is 0 Å². The van der Waals surface area contributed by atoms with Gasteiger partial charge in [0.05, 0.1) is 5.69 Å². The van der Waals surface area contributed by atoms with E-state index < -0.39 is 0 Å². The van der Waals surface area contributed by atoms with Gasteiger partial charge in [-0.05, 0) is 23.8 Å². The van der Waals surface area contributed by atoms with Crippen LogP contribution in [0.1, 0.15) is 5.56 Å². The van der Waals surface area contributed by atoms with Gasteiger partial charge in [-0.15, -0.1) is 0 Å². The van der Waals surface area contributed by atoms with Gasteiger partial charge < -0.3 is 15.4 Å². The maximum absolute atomic E-state index is 11.4. The maximum Gasteiger partial charge on any atom is 0.319 e. The van der Waals surface area contributed by atoms with Crippen LogP contribution in [-0.4, -0.2) is 19.7 Å². The third-order valence-corrected chi connectivity index (χ3v) is 2.81.